The number of nitrogens with zero attached hydrogens (tertiary/aromatic N) is 1. The maximum atomic E-state index is 12.7. The minimum absolute atomic E-state index is 0.214. The van der Waals surface area contributed by atoms with E-state index >= 15 is 0 Å². The Bertz CT molecular complexity index is 1120. The van der Waals surface area contributed by atoms with Crippen LogP contribution in [0, 0.1) is 4.77 Å². The lowest BCUT2D eigenvalue weighted by Gasteiger charge is -2.20. The van der Waals surface area contributed by atoms with Crippen molar-refractivity contribution >= 4 is 51.4 Å². The summed E-state index contributed by atoms with van der Waals surface area (Å²) in [6, 6.07) is 7.97. The molecule has 0 saturated heterocycles. The van der Waals surface area contributed by atoms with Gasteiger partial charge >= 0.3 is 0 Å². The van der Waals surface area contributed by atoms with E-state index in [1.54, 1.807) is 7.11 Å². The molecule has 0 aliphatic heterocycles. The molecule has 0 spiro atoms. The van der Waals surface area contributed by atoms with Crippen molar-refractivity contribution in [1.29, 1.82) is 0 Å². The van der Waals surface area contributed by atoms with E-state index in [-0.39, 0.29) is 11.4 Å². The monoisotopic (exact) mass is 428 g/mol. The maximum Gasteiger partial charge on any atom is 0.263 e. The van der Waals surface area contributed by atoms with E-state index in [2.05, 4.69) is 15.3 Å². The Morgan fingerprint density at radius 1 is 1.34 bits per heavy atom. The third-order valence-electron chi connectivity index (χ3n) is 4.08. The van der Waals surface area contributed by atoms with Crippen LogP contribution in [0.2, 0.25) is 0 Å². The molecule has 8 heteroatoms. The first kappa shape index (κ1) is 21.2. The highest BCUT2D eigenvalue weighted by molar-refractivity contribution is 7.71. The standard InChI is InChI=1S/C21H24N4O2S2/c1-21(2,3)25-18(26)17-15(22)14-16(23-20(28)24-19(14)29-17)13-9-7-12(8-10-13)6-5-11-27-4/h5-10H,11,22H2,1-4H3,(H,25,26)(H,23,24,28)/b6-5+. The number of nitrogen functional groups attached to an aromatic ring is 1. The molecule has 0 saturated carbocycles. The number of ether oxygens (including phenoxy) is 1. The summed E-state index contributed by atoms with van der Waals surface area (Å²) in [7, 11) is 1.66. The fourth-order valence-electron chi connectivity index (χ4n) is 2.87. The Morgan fingerprint density at radius 2 is 2.03 bits per heavy atom. The number of nitrogens with two attached hydrogens (primary N) is 1. The predicted molar refractivity (Wildman–Crippen MR) is 123 cm³/mol. The van der Waals surface area contributed by atoms with Gasteiger partial charge < -0.3 is 20.8 Å². The highest BCUT2D eigenvalue weighted by Gasteiger charge is 2.23. The van der Waals surface area contributed by atoms with Crippen molar-refractivity contribution in [2.24, 2.45) is 0 Å². The van der Waals surface area contributed by atoms with Crippen molar-refractivity contribution in [2.45, 2.75) is 26.3 Å². The van der Waals surface area contributed by atoms with Crippen molar-refractivity contribution in [1.82, 2.24) is 15.3 Å². The number of aromatic amines is 1. The maximum absolute atomic E-state index is 12.7. The van der Waals surface area contributed by atoms with E-state index in [0.717, 1.165) is 16.8 Å². The summed E-state index contributed by atoms with van der Waals surface area (Å²) in [5.74, 6) is -0.214. The van der Waals surface area contributed by atoms with Gasteiger partial charge in [0.2, 0.25) is 0 Å². The van der Waals surface area contributed by atoms with Crippen molar-refractivity contribution in [3.05, 3.63) is 45.6 Å². The van der Waals surface area contributed by atoms with Gasteiger partial charge in [-0.1, -0.05) is 36.4 Å². The van der Waals surface area contributed by atoms with E-state index in [1.165, 1.54) is 11.3 Å². The van der Waals surface area contributed by atoms with Crippen LogP contribution in [0.1, 0.15) is 36.0 Å². The number of benzene rings is 1. The number of anilines is 1. The van der Waals surface area contributed by atoms with E-state index < -0.39 is 0 Å². The lowest BCUT2D eigenvalue weighted by Crippen LogP contribution is -2.40. The van der Waals surface area contributed by atoms with Gasteiger partial charge in [0.25, 0.3) is 5.91 Å². The fraction of sp³-hybridized carbons (Fsp3) is 0.286. The van der Waals surface area contributed by atoms with Gasteiger partial charge in [-0.25, -0.2) is 4.98 Å². The number of fused-ring (bicyclic) bond motifs is 1. The topological polar surface area (TPSA) is 93.0 Å². The molecule has 0 aliphatic rings. The van der Waals surface area contributed by atoms with Gasteiger partial charge in [-0.05, 0) is 44.1 Å². The lowest BCUT2D eigenvalue weighted by molar-refractivity contribution is 0.0924. The summed E-state index contributed by atoms with van der Waals surface area (Å²) in [5, 5.41) is 3.67. The molecule has 0 unspecified atom stereocenters. The third kappa shape index (κ3) is 4.90. The van der Waals surface area contributed by atoms with Gasteiger partial charge in [0.05, 0.1) is 23.4 Å². The molecule has 152 valence electrons. The largest absolute Gasteiger partial charge is 0.397 e. The summed E-state index contributed by atoms with van der Waals surface area (Å²) < 4.78 is 5.37. The van der Waals surface area contributed by atoms with E-state index in [9.17, 15) is 4.79 Å². The average Bonchev–Trinajstić information content (AvgIpc) is 2.97. The van der Waals surface area contributed by atoms with Gasteiger partial charge in [-0.15, -0.1) is 11.3 Å². The second-order valence-electron chi connectivity index (χ2n) is 7.63. The molecule has 2 aromatic heterocycles. The van der Waals surface area contributed by atoms with Gasteiger partial charge in [0.15, 0.2) is 4.77 Å². The molecule has 0 bridgehead atoms. The molecule has 3 aromatic rings. The van der Waals surface area contributed by atoms with Gasteiger partial charge in [0, 0.05) is 12.6 Å². The summed E-state index contributed by atoms with van der Waals surface area (Å²) in [5.41, 5.74) is 9.16. The van der Waals surface area contributed by atoms with E-state index in [1.807, 2.05) is 57.2 Å². The van der Waals surface area contributed by atoms with Crippen LogP contribution in [-0.4, -0.2) is 35.1 Å². The number of carbonyl (C=O) groups excluding carboxylic acids is 1. The number of nitrogens with one attached hydrogen (secondary N) is 2. The Morgan fingerprint density at radius 3 is 2.66 bits per heavy atom. The zero-order chi connectivity index (χ0) is 21.2. The average molecular weight is 429 g/mol. The molecule has 3 rings (SSSR count). The minimum atomic E-state index is -0.364. The second kappa shape index (κ2) is 8.44. The summed E-state index contributed by atoms with van der Waals surface area (Å²) >= 11 is 6.56. The molecule has 4 N–H and O–H groups in total. The van der Waals surface area contributed by atoms with Crippen LogP contribution < -0.4 is 11.1 Å². The summed E-state index contributed by atoms with van der Waals surface area (Å²) in [6.45, 7) is 6.34. The quantitative estimate of drug-likeness (QED) is 0.508. The lowest BCUT2D eigenvalue weighted by atomic mass is 10.1. The van der Waals surface area contributed by atoms with Crippen molar-refractivity contribution in [3.63, 3.8) is 0 Å². The molecule has 1 amide bonds. The molecule has 6 nitrogen and oxygen atoms in total. The Labute approximate surface area is 178 Å². The third-order valence-corrected chi connectivity index (χ3v) is 5.37. The predicted octanol–water partition coefficient (Wildman–Crippen LogP) is 4.79. The Hall–Kier alpha value is -2.55. The fourth-order valence-corrected chi connectivity index (χ4v) is 4.12. The number of methoxy groups -OCH3 is 1. The first-order valence-corrected chi connectivity index (χ1v) is 10.3. The van der Waals surface area contributed by atoms with Gasteiger partial charge in [-0.2, -0.15) is 0 Å². The van der Waals surface area contributed by atoms with Gasteiger partial charge in [0.1, 0.15) is 9.71 Å². The van der Waals surface area contributed by atoms with Crippen LogP contribution in [0.3, 0.4) is 0 Å². The van der Waals surface area contributed by atoms with Crippen LogP contribution in [0.15, 0.2) is 30.3 Å². The first-order valence-electron chi connectivity index (χ1n) is 9.10. The molecular weight excluding hydrogens is 404 g/mol. The van der Waals surface area contributed by atoms with Crippen LogP contribution >= 0.6 is 23.6 Å². The SMILES string of the molecule is COC/C=C/c1ccc(-c2[nH]c(=S)nc3sc(C(=O)NC(C)(C)C)c(N)c23)cc1. The molecule has 0 aliphatic carbocycles. The Kier molecular flexibility index (Phi) is 6.16. The number of H-pyrrole nitrogens is 1. The molecule has 2 heterocycles. The van der Waals surface area contributed by atoms with Crippen molar-refractivity contribution in [3.8, 4) is 11.3 Å². The number of hydrogen-bond acceptors (Lipinski definition) is 6. The van der Waals surface area contributed by atoms with Crippen molar-refractivity contribution in [2.75, 3.05) is 19.5 Å². The van der Waals surface area contributed by atoms with Crippen LogP contribution in [0.5, 0.6) is 0 Å². The first-order chi connectivity index (χ1) is 13.7. The van der Waals surface area contributed by atoms with Crippen LogP contribution in [-0.2, 0) is 4.74 Å². The molecule has 1 aromatic carbocycles. The number of aromatic nitrogens is 2. The second-order valence-corrected chi connectivity index (χ2v) is 9.01. The van der Waals surface area contributed by atoms with E-state index in [4.69, 9.17) is 22.7 Å². The highest BCUT2D eigenvalue weighted by Crippen LogP contribution is 2.38. The molecular formula is C21H24N4O2S2. The van der Waals surface area contributed by atoms with E-state index in [0.29, 0.717) is 32.2 Å². The molecule has 0 radical (unpaired) electrons. The summed E-state index contributed by atoms with van der Waals surface area (Å²) in [6.07, 6.45) is 3.94. The smallest absolute Gasteiger partial charge is 0.263 e. The number of thiophene rings is 1. The molecule has 0 atom stereocenters. The normalized spacial score (nSPS) is 12.0. The van der Waals surface area contributed by atoms with Gasteiger partial charge in [-0.3, -0.25) is 4.79 Å². The number of rotatable bonds is 5. The zero-order valence-corrected chi connectivity index (χ0v) is 18.5. The molecule has 0 fully saturated rings. The van der Waals surface area contributed by atoms with Crippen LogP contribution in [0.25, 0.3) is 27.6 Å². The number of amides is 1. The molecule has 29 heavy (non-hydrogen) atoms. The van der Waals surface area contributed by atoms with Crippen LogP contribution in [0.4, 0.5) is 5.69 Å². The number of hydrogen-bond donors (Lipinski definition) is 3. The van der Waals surface area contributed by atoms with Crippen molar-refractivity contribution < 1.29 is 9.53 Å². The minimum Gasteiger partial charge on any atom is -0.397 e. The Balaban J connectivity index is 2.07. The number of carbonyl (C=O) groups is 1. The summed E-state index contributed by atoms with van der Waals surface area (Å²) in [4.78, 5) is 21.3. The highest BCUT2D eigenvalue weighted by atomic mass is 32.1. The zero-order valence-electron chi connectivity index (χ0n) is 16.8.